The van der Waals surface area contributed by atoms with Crippen LogP contribution in [0.2, 0.25) is 0 Å². The van der Waals surface area contributed by atoms with Crippen LogP contribution in [0.4, 0.5) is 0 Å². The first-order valence-corrected chi connectivity index (χ1v) is 7.89. The summed E-state index contributed by atoms with van der Waals surface area (Å²) in [6, 6.07) is 6.46. The maximum Gasteiger partial charge on any atom is 0.125 e. The molecule has 0 spiro atoms. The van der Waals surface area contributed by atoms with Crippen molar-refractivity contribution >= 4 is 15.9 Å². The van der Waals surface area contributed by atoms with E-state index in [1.54, 1.807) is 7.11 Å². The number of rotatable bonds is 8. The molecule has 1 aromatic carbocycles. The Balaban J connectivity index is 2.74. The standard InChI is InChI=1S/C16H26BrNO2/c1-6-18-12(2)14-8-7-13(17)11-15(14)20-10-9-16(3,4)19-5/h7-8,11-12,18H,6,9-10H2,1-5H3. The summed E-state index contributed by atoms with van der Waals surface area (Å²) in [5.41, 5.74) is 1.03. The summed E-state index contributed by atoms with van der Waals surface area (Å²) >= 11 is 3.50. The maximum atomic E-state index is 5.97. The molecule has 1 unspecified atom stereocenters. The van der Waals surface area contributed by atoms with Gasteiger partial charge in [-0.1, -0.05) is 28.9 Å². The molecule has 0 bridgehead atoms. The molecule has 4 heteroatoms. The minimum atomic E-state index is -0.153. The molecule has 0 saturated heterocycles. The topological polar surface area (TPSA) is 30.5 Å². The van der Waals surface area contributed by atoms with Gasteiger partial charge in [-0.25, -0.2) is 0 Å². The molecule has 0 saturated carbocycles. The van der Waals surface area contributed by atoms with Crippen molar-refractivity contribution in [2.45, 2.75) is 45.8 Å². The minimum Gasteiger partial charge on any atom is -0.493 e. The molecule has 1 atom stereocenters. The lowest BCUT2D eigenvalue weighted by atomic mass is 10.1. The Kier molecular flexibility index (Phi) is 7.00. The quantitative estimate of drug-likeness (QED) is 0.762. The second kappa shape index (κ2) is 8.01. The van der Waals surface area contributed by atoms with Crippen LogP contribution in [0.5, 0.6) is 5.75 Å². The first-order chi connectivity index (χ1) is 9.39. The summed E-state index contributed by atoms with van der Waals surface area (Å²) < 4.78 is 12.4. The lowest BCUT2D eigenvalue weighted by Gasteiger charge is -2.24. The fourth-order valence-electron chi connectivity index (χ4n) is 1.92. The van der Waals surface area contributed by atoms with E-state index in [0.29, 0.717) is 6.61 Å². The molecular weight excluding hydrogens is 318 g/mol. The minimum absolute atomic E-state index is 0.153. The van der Waals surface area contributed by atoms with Crippen LogP contribution < -0.4 is 10.1 Å². The first-order valence-electron chi connectivity index (χ1n) is 7.10. The second-order valence-corrected chi connectivity index (χ2v) is 6.44. The van der Waals surface area contributed by atoms with Gasteiger partial charge in [0.25, 0.3) is 0 Å². The zero-order chi connectivity index (χ0) is 15.2. The van der Waals surface area contributed by atoms with E-state index in [0.717, 1.165) is 23.2 Å². The third kappa shape index (κ3) is 5.43. The van der Waals surface area contributed by atoms with Crippen LogP contribution in [-0.4, -0.2) is 25.9 Å². The highest BCUT2D eigenvalue weighted by Crippen LogP contribution is 2.29. The van der Waals surface area contributed by atoms with E-state index in [4.69, 9.17) is 9.47 Å². The molecule has 114 valence electrons. The molecule has 3 nitrogen and oxygen atoms in total. The number of ether oxygens (including phenoxy) is 2. The average molecular weight is 344 g/mol. The van der Waals surface area contributed by atoms with Crippen LogP contribution in [0, 0.1) is 0 Å². The predicted octanol–water partition coefficient (Wildman–Crippen LogP) is 4.31. The Morgan fingerprint density at radius 1 is 1.35 bits per heavy atom. The number of halogens is 1. The number of methoxy groups -OCH3 is 1. The number of hydrogen-bond donors (Lipinski definition) is 1. The van der Waals surface area contributed by atoms with Gasteiger partial charge in [-0.05, 0) is 39.4 Å². The summed E-state index contributed by atoms with van der Waals surface area (Å²) in [5, 5.41) is 3.42. The Hall–Kier alpha value is -0.580. The fraction of sp³-hybridized carbons (Fsp3) is 0.625. The van der Waals surface area contributed by atoms with Crippen LogP contribution >= 0.6 is 15.9 Å². The van der Waals surface area contributed by atoms with Crippen LogP contribution in [0.25, 0.3) is 0 Å². The van der Waals surface area contributed by atoms with E-state index >= 15 is 0 Å². The van der Waals surface area contributed by atoms with Crippen molar-refractivity contribution in [1.29, 1.82) is 0 Å². The molecule has 1 rings (SSSR count). The van der Waals surface area contributed by atoms with Gasteiger partial charge in [-0.3, -0.25) is 0 Å². The maximum absolute atomic E-state index is 5.97. The largest absolute Gasteiger partial charge is 0.493 e. The van der Waals surface area contributed by atoms with Crippen LogP contribution in [0.15, 0.2) is 22.7 Å². The van der Waals surface area contributed by atoms with E-state index in [1.807, 2.05) is 6.07 Å². The Bertz CT molecular complexity index is 421. The summed E-state index contributed by atoms with van der Waals surface area (Å²) in [5.74, 6) is 0.930. The molecule has 20 heavy (non-hydrogen) atoms. The first kappa shape index (κ1) is 17.5. The highest BCUT2D eigenvalue weighted by Gasteiger charge is 2.17. The predicted molar refractivity (Wildman–Crippen MR) is 87.4 cm³/mol. The van der Waals surface area contributed by atoms with Gasteiger partial charge >= 0.3 is 0 Å². The number of nitrogens with one attached hydrogen (secondary N) is 1. The molecule has 0 amide bonds. The van der Waals surface area contributed by atoms with E-state index in [9.17, 15) is 0 Å². The van der Waals surface area contributed by atoms with Gasteiger partial charge in [0, 0.05) is 29.6 Å². The molecule has 0 aromatic heterocycles. The summed E-state index contributed by atoms with van der Waals surface area (Å²) in [7, 11) is 1.73. The Labute approximate surface area is 131 Å². The molecule has 0 aliphatic rings. The van der Waals surface area contributed by atoms with E-state index in [-0.39, 0.29) is 11.6 Å². The average Bonchev–Trinajstić information content (AvgIpc) is 2.39. The van der Waals surface area contributed by atoms with Crippen molar-refractivity contribution in [1.82, 2.24) is 5.32 Å². The van der Waals surface area contributed by atoms with E-state index < -0.39 is 0 Å². The third-order valence-corrected chi connectivity index (χ3v) is 3.96. The van der Waals surface area contributed by atoms with Crippen molar-refractivity contribution in [2.75, 3.05) is 20.3 Å². The van der Waals surface area contributed by atoms with E-state index in [1.165, 1.54) is 5.56 Å². The van der Waals surface area contributed by atoms with Gasteiger partial charge in [-0.15, -0.1) is 0 Å². The van der Waals surface area contributed by atoms with Gasteiger partial charge in [0.1, 0.15) is 5.75 Å². The molecule has 0 aliphatic heterocycles. The number of hydrogen-bond acceptors (Lipinski definition) is 3. The van der Waals surface area contributed by atoms with Crippen LogP contribution in [-0.2, 0) is 4.74 Å². The Morgan fingerprint density at radius 2 is 2.05 bits per heavy atom. The zero-order valence-electron chi connectivity index (χ0n) is 13.1. The summed E-state index contributed by atoms with van der Waals surface area (Å²) in [4.78, 5) is 0. The van der Waals surface area contributed by atoms with Gasteiger partial charge in [0.05, 0.1) is 12.2 Å². The van der Waals surface area contributed by atoms with Gasteiger partial charge in [0.15, 0.2) is 0 Å². The van der Waals surface area contributed by atoms with Crippen LogP contribution in [0.1, 0.15) is 45.7 Å². The molecule has 0 heterocycles. The SMILES string of the molecule is CCNC(C)c1ccc(Br)cc1OCCC(C)(C)OC. The van der Waals surface area contributed by atoms with Gasteiger partial charge in [0.2, 0.25) is 0 Å². The zero-order valence-corrected chi connectivity index (χ0v) is 14.7. The summed E-state index contributed by atoms with van der Waals surface area (Å²) in [6.07, 6.45) is 0.852. The summed E-state index contributed by atoms with van der Waals surface area (Å²) in [6.45, 7) is 9.98. The molecule has 0 aliphatic carbocycles. The molecule has 1 aromatic rings. The molecular formula is C16H26BrNO2. The fourth-order valence-corrected chi connectivity index (χ4v) is 2.26. The monoisotopic (exact) mass is 343 g/mol. The van der Waals surface area contributed by atoms with E-state index in [2.05, 4.69) is 61.1 Å². The molecule has 0 fully saturated rings. The second-order valence-electron chi connectivity index (χ2n) is 5.52. The van der Waals surface area contributed by atoms with Crippen molar-refractivity contribution in [3.8, 4) is 5.75 Å². The Morgan fingerprint density at radius 3 is 2.65 bits per heavy atom. The van der Waals surface area contributed by atoms with Crippen molar-refractivity contribution in [3.05, 3.63) is 28.2 Å². The van der Waals surface area contributed by atoms with Crippen LogP contribution in [0.3, 0.4) is 0 Å². The van der Waals surface area contributed by atoms with Crippen molar-refractivity contribution in [3.63, 3.8) is 0 Å². The lowest BCUT2D eigenvalue weighted by Crippen LogP contribution is -2.25. The van der Waals surface area contributed by atoms with Gasteiger partial charge < -0.3 is 14.8 Å². The lowest BCUT2D eigenvalue weighted by molar-refractivity contribution is 0.00534. The van der Waals surface area contributed by atoms with Crippen molar-refractivity contribution in [2.24, 2.45) is 0 Å². The van der Waals surface area contributed by atoms with Crippen molar-refractivity contribution < 1.29 is 9.47 Å². The van der Waals surface area contributed by atoms with Gasteiger partial charge in [-0.2, -0.15) is 0 Å². The highest BCUT2D eigenvalue weighted by molar-refractivity contribution is 9.10. The normalized spacial score (nSPS) is 13.3. The highest BCUT2D eigenvalue weighted by atomic mass is 79.9. The molecule has 1 N–H and O–H groups in total. The smallest absolute Gasteiger partial charge is 0.125 e. The molecule has 0 radical (unpaired) electrons. The third-order valence-electron chi connectivity index (χ3n) is 3.47. The number of benzene rings is 1.